The fourth-order valence-corrected chi connectivity index (χ4v) is 8.76. The first-order valence-corrected chi connectivity index (χ1v) is 19.9. The number of fused-ring (bicyclic) bond motifs is 5. The molecular formula is C56H38N2. The van der Waals surface area contributed by atoms with Gasteiger partial charge in [0.1, 0.15) is 0 Å². The van der Waals surface area contributed by atoms with Crippen molar-refractivity contribution in [3.05, 3.63) is 231 Å². The SMILES string of the molecule is c1ccc(-c2ccccc2N(c2ccc(-c3ccc(-n4c5ccccc5c5cc6ccccc6cc54)cc3)cc2)c2ccc(-c3cccc4ccccc34)cc2)cc1. The summed E-state index contributed by atoms with van der Waals surface area (Å²) < 4.78 is 2.40. The van der Waals surface area contributed by atoms with Crippen molar-refractivity contribution in [1.29, 1.82) is 0 Å². The predicted octanol–water partition coefficient (Wildman–Crippen LogP) is 15.6. The Balaban J connectivity index is 0.974. The highest BCUT2D eigenvalue weighted by Gasteiger charge is 2.18. The number of nitrogens with zero attached hydrogens (tertiary/aromatic N) is 2. The van der Waals surface area contributed by atoms with Gasteiger partial charge < -0.3 is 9.47 Å². The van der Waals surface area contributed by atoms with E-state index in [1.54, 1.807) is 0 Å². The standard InChI is InChI=1S/C56H38N2/c1-2-13-42(14-3-1)51-20-8-10-23-54(51)57(47-35-29-43(30-36-47)50-22-12-18-41-15-6-7-19-49(41)50)46-31-25-39(26-32-46)40-27-33-48(34-28-40)58-55-24-11-9-21-52(55)53-37-44-16-4-5-17-45(44)38-56(53)58/h1-38H. The number of benzene rings is 10. The fraction of sp³-hybridized carbons (Fsp3) is 0. The van der Waals surface area contributed by atoms with Crippen molar-refractivity contribution in [2.75, 3.05) is 4.90 Å². The van der Waals surface area contributed by atoms with Crippen LogP contribution in [0.1, 0.15) is 0 Å². The minimum atomic E-state index is 1.10. The minimum absolute atomic E-state index is 1.10. The molecule has 0 N–H and O–H groups in total. The maximum Gasteiger partial charge on any atom is 0.0547 e. The third kappa shape index (κ3) is 5.82. The van der Waals surface area contributed by atoms with Crippen molar-refractivity contribution in [3.63, 3.8) is 0 Å². The molecule has 10 aromatic carbocycles. The van der Waals surface area contributed by atoms with E-state index in [-0.39, 0.29) is 0 Å². The van der Waals surface area contributed by atoms with Gasteiger partial charge in [0, 0.05) is 33.4 Å². The van der Waals surface area contributed by atoms with E-state index in [2.05, 4.69) is 240 Å². The zero-order chi connectivity index (χ0) is 38.4. The van der Waals surface area contributed by atoms with Crippen LogP contribution < -0.4 is 4.90 Å². The van der Waals surface area contributed by atoms with E-state index in [0.29, 0.717) is 0 Å². The lowest BCUT2D eigenvalue weighted by Gasteiger charge is -2.28. The van der Waals surface area contributed by atoms with Crippen LogP contribution in [0.25, 0.3) is 82.4 Å². The highest BCUT2D eigenvalue weighted by molar-refractivity contribution is 6.13. The van der Waals surface area contributed by atoms with Gasteiger partial charge in [0.2, 0.25) is 0 Å². The summed E-state index contributed by atoms with van der Waals surface area (Å²) in [6, 6.07) is 83.6. The van der Waals surface area contributed by atoms with Crippen LogP contribution in [-0.2, 0) is 0 Å². The van der Waals surface area contributed by atoms with Crippen LogP contribution in [0.5, 0.6) is 0 Å². The Bertz CT molecular complexity index is 3240. The molecule has 0 amide bonds. The third-order valence-electron chi connectivity index (χ3n) is 11.6. The first-order chi connectivity index (χ1) is 28.8. The number of rotatable bonds is 7. The van der Waals surface area contributed by atoms with Crippen molar-refractivity contribution in [2.45, 2.75) is 0 Å². The molecule has 0 aliphatic rings. The zero-order valence-corrected chi connectivity index (χ0v) is 31.8. The summed E-state index contributed by atoms with van der Waals surface area (Å²) in [7, 11) is 0. The molecule has 0 saturated carbocycles. The predicted molar refractivity (Wildman–Crippen MR) is 247 cm³/mol. The summed E-state index contributed by atoms with van der Waals surface area (Å²) in [5.74, 6) is 0. The topological polar surface area (TPSA) is 8.17 Å². The summed E-state index contributed by atoms with van der Waals surface area (Å²) in [6.45, 7) is 0. The molecule has 1 heterocycles. The van der Waals surface area contributed by atoms with E-state index in [0.717, 1.165) is 22.7 Å². The Morgan fingerprint density at radius 3 is 1.55 bits per heavy atom. The van der Waals surface area contributed by atoms with Crippen molar-refractivity contribution in [2.24, 2.45) is 0 Å². The molecule has 0 radical (unpaired) electrons. The van der Waals surface area contributed by atoms with E-state index in [1.807, 2.05) is 0 Å². The molecule has 272 valence electrons. The smallest absolute Gasteiger partial charge is 0.0547 e. The number of hydrogen-bond donors (Lipinski definition) is 0. The van der Waals surface area contributed by atoms with E-state index >= 15 is 0 Å². The molecular weight excluding hydrogens is 701 g/mol. The molecule has 0 atom stereocenters. The lowest BCUT2D eigenvalue weighted by molar-refractivity contribution is 1.18. The molecule has 0 spiro atoms. The second-order valence-electron chi connectivity index (χ2n) is 15.0. The van der Waals surface area contributed by atoms with Crippen molar-refractivity contribution in [3.8, 4) is 39.1 Å². The second kappa shape index (κ2) is 14.1. The summed E-state index contributed by atoms with van der Waals surface area (Å²) in [4.78, 5) is 2.38. The van der Waals surface area contributed by atoms with Crippen LogP contribution in [0.2, 0.25) is 0 Å². The van der Waals surface area contributed by atoms with Crippen molar-refractivity contribution in [1.82, 2.24) is 4.57 Å². The first-order valence-electron chi connectivity index (χ1n) is 19.9. The molecule has 0 saturated heterocycles. The molecule has 11 rings (SSSR count). The van der Waals surface area contributed by atoms with Crippen LogP contribution in [-0.4, -0.2) is 4.57 Å². The molecule has 2 nitrogen and oxygen atoms in total. The molecule has 0 bridgehead atoms. The third-order valence-corrected chi connectivity index (χ3v) is 11.6. The molecule has 58 heavy (non-hydrogen) atoms. The molecule has 1 aromatic heterocycles. The quantitative estimate of drug-likeness (QED) is 0.158. The average molecular weight is 739 g/mol. The number of hydrogen-bond acceptors (Lipinski definition) is 1. The van der Waals surface area contributed by atoms with Gasteiger partial charge >= 0.3 is 0 Å². The first kappa shape index (κ1) is 33.6. The van der Waals surface area contributed by atoms with Crippen LogP contribution in [0.15, 0.2) is 231 Å². The number of aromatic nitrogens is 1. The Morgan fingerprint density at radius 1 is 0.293 bits per heavy atom. The monoisotopic (exact) mass is 738 g/mol. The minimum Gasteiger partial charge on any atom is -0.310 e. The Morgan fingerprint density at radius 2 is 0.810 bits per heavy atom. The summed E-state index contributed by atoms with van der Waals surface area (Å²) in [6.07, 6.45) is 0. The van der Waals surface area contributed by atoms with Gasteiger partial charge in [0.15, 0.2) is 0 Å². The highest BCUT2D eigenvalue weighted by Crippen LogP contribution is 2.42. The van der Waals surface area contributed by atoms with Crippen LogP contribution in [0, 0.1) is 0 Å². The lowest BCUT2D eigenvalue weighted by Crippen LogP contribution is -2.11. The van der Waals surface area contributed by atoms with E-state index in [1.165, 1.54) is 76.7 Å². The summed E-state index contributed by atoms with van der Waals surface area (Å²) in [5, 5.41) is 7.56. The van der Waals surface area contributed by atoms with Gasteiger partial charge in [0.25, 0.3) is 0 Å². The van der Waals surface area contributed by atoms with Gasteiger partial charge in [0.05, 0.1) is 16.7 Å². The molecule has 0 unspecified atom stereocenters. The van der Waals surface area contributed by atoms with E-state index in [9.17, 15) is 0 Å². The molecule has 0 fully saturated rings. The van der Waals surface area contributed by atoms with Crippen molar-refractivity contribution >= 4 is 60.4 Å². The van der Waals surface area contributed by atoms with Gasteiger partial charge in [-0.15, -0.1) is 0 Å². The largest absolute Gasteiger partial charge is 0.310 e. The summed E-state index contributed by atoms with van der Waals surface area (Å²) >= 11 is 0. The Kier molecular flexibility index (Phi) is 8.19. The van der Waals surface area contributed by atoms with Gasteiger partial charge in [-0.05, 0) is 110 Å². The molecule has 2 heteroatoms. The van der Waals surface area contributed by atoms with E-state index < -0.39 is 0 Å². The highest BCUT2D eigenvalue weighted by atomic mass is 15.1. The molecule has 11 aromatic rings. The fourth-order valence-electron chi connectivity index (χ4n) is 8.76. The number of anilines is 3. The zero-order valence-electron chi connectivity index (χ0n) is 31.8. The molecule has 0 aliphatic carbocycles. The average Bonchev–Trinajstić information content (AvgIpc) is 3.62. The van der Waals surface area contributed by atoms with Crippen LogP contribution in [0.4, 0.5) is 17.1 Å². The Hall–Kier alpha value is -7.68. The maximum absolute atomic E-state index is 2.40. The van der Waals surface area contributed by atoms with E-state index in [4.69, 9.17) is 0 Å². The number of para-hydroxylation sites is 2. The van der Waals surface area contributed by atoms with Crippen LogP contribution >= 0.6 is 0 Å². The van der Waals surface area contributed by atoms with Gasteiger partial charge in [-0.25, -0.2) is 0 Å². The maximum atomic E-state index is 2.40. The normalized spacial score (nSPS) is 11.4. The Labute approximate surface area is 338 Å². The van der Waals surface area contributed by atoms with Gasteiger partial charge in [-0.2, -0.15) is 0 Å². The second-order valence-corrected chi connectivity index (χ2v) is 15.0. The van der Waals surface area contributed by atoms with Crippen molar-refractivity contribution < 1.29 is 0 Å². The lowest BCUT2D eigenvalue weighted by atomic mass is 9.97. The van der Waals surface area contributed by atoms with Gasteiger partial charge in [-0.3, -0.25) is 0 Å². The van der Waals surface area contributed by atoms with Crippen LogP contribution in [0.3, 0.4) is 0 Å². The summed E-state index contributed by atoms with van der Waals surface area (Å²) in [5.41, 5.74) is 14.1. The molecule has 0 aliphatic heterocycles. The van der Waals surface area contributed by atoms with Gasteiger partial charge in [-0.1, -0.05) is 170 Å².